The first-order chi connectivity index (χ1) is 10.2. The number of hydrogen-bond acceptors (Lipinski definition) is 2. The topological polar surface area (TPSA) is 41.6 Å². The third kappa shape index (κ3) is 3.08. The van der Waals surface area contributed by atoms with Gasteiger partial charge in [0.25, 0.3) is 0 Å². The molecule has 1 aromatic heterocycles. The van der Waals surface area contributed by atoms with Gasteiger partial charge in [-0.3, -0.25) is 0 Å². The van der Waals surface area contributed by atoms with Crippen molar-refractivity contribution in [3.8, 4) is 11.1 Å². The van der Waals surface area contributed by atoms with E-state index in [0.717, 1.165) is 11.3 Å². The van der Waals surface area contributed by atoms with E-state index in [0.29, 0.717) is 0 Å². The Kier molecular flexibility index (Phi) is 3.65. The Bertz CT molecular complexity index is 754. The Morgan fingerprint density at radius 2 is 1.76 bits per heavy atom. The van der Waals surface area contributed by atoms with Crippen LogP contribution in [-0.2, 0) is 0 Å². The van der Waals surface area contributed by atoms with Crippen LogP contribution in [0.25, 0.3) is 23.3 Å². The monoisotopic (exact) mass is 275 g/mol. The van der Waals surface area contributed by atoms with E-state index < -0.39 is 0 Å². The molecule has 104 valence electrons. The summed E-state index contributed by atoms with van der Waals surface area (Å²) in [5, 5.41) is 10.4. The van der Waals surface area contributed by atoms with Gasteiger partial charge >= 0.3 is 0 Å². The van der Waals surface area contributed by atoms with E-state index in [9.17, 15) is 0 Å². The molecule has 0 amide bonds. The maximum atomic E-state index is 3.99. The summed E-state index contributed by atoms with van der Waals surface area (Å²) in [4.78, 5) is 0. The van der Waals surface area contributed by atoms with Crippen LogP contribution in [0.2, 0.25) is 0 Å². The molecule has 1 heterocycles. The minimum absolute atomic E-state index is 0.827. The van der Waals surface area contributed by atoms with Crippen LogP contribution < -0.4 is 0 Å². The van der Waals surface area contributed by atoms with Crippen molar-refractivity contribution >= 4 is 12.2 Å². The smallest absolute Gasteiger partial charge is 0.105 e. The second-order valence-corrected chi connectivity index (χ2v) is 5.17. The summed E-state index contributed by atoms with van der Waals surface area (Å²) < 4.78 is 0. The summed E-state index contributed by atoms with van der Waals surface area (Å²) in [6.07, 6.45) is 5.67. The molecule has 0 saturated carbocycles. The van der Waals surface area contributed by atoms with Gasteiger partial charge in [0.15, 0.2) is 0 Å². The maximum Gasteiger partial charge on any atom is 0.105 e. The quantitative estimate of drug-likeness (QED) is 0.776. The lowest BCUT2D eigenvalue weighted by atomic mass is 9.98. The first kappa shape index (κ1) is 13.3. The fourth-order valence-electron chi connectivity index (χ4n) is 2.38. The third-order valence-corrected chi connectivity index (χ3v) is 3.48. The third-order valence-electron chi connectivity index (χ3n) is 3.48. The molecule has 3 rings (SSSR count). The average Bonchev–Trinajstić information content (AvgIpc) is 2.99. The molecule has 0 aliphatic carbocycles. The van der Waals surface area contributed by atoms with Gasteiger partial charge in [-0.25, -0.2) is 0 Å². The normalized spacial score (nSPS) is 11.1. The van der Waals surface area contributed by atoms with Crippen LogP contribution in [0.5, 0.6) is 0 Å². The molecular weight excluding hydrogens is 258 g/mol. The first-order valence-corrected chi connectivity index (χ1v) is 6.94. The fourth-order valence-corrected chi connectivity index (χ4v) is 2.38. The minimum atomic E-state index is 0.827. The minimum Gasteiger partial charge on any atom is -0.197 e. The van der Waals surface area contributed by atoms with Crippen molar-refractivity contribution < 1.29 is 0 Å². The summed E-state index contributed by atoms with van der Waals surface area (Å²) in [5.74, 6) is 0. The van der Waals surface area contributed by atoms with Crippen LogP contribution in [0.15, 0.2) is 48.7 Å². The number of hydrogen-bond donors (Lipinski definition) is 1. The highest BCUT2D eigenvalue weighted by Gasteiger charge is 2.01. The Balaban J connectivity index is 1.84. The van der Waals surface area contributed by atoms with E-state index >= 15 is 0 Å². The van der Waals surface area contributed by atoms with Gasteiger partial charge in [0.05, 0.1) is 6.20 Å². The summed E-state index contributed by atoms with van der Waals surface area (Å²) in [6.45, 7) is 4.27. The van der Waals surface area contributed by atoms with Crippen LogP contribution in [0.4, 0.5) is 0 Å². The van der Waals surface area contributed by atoms with Crippen LogP contribution in [0, 0.1) is 13.8 Å². The van der Waals surface area contributed by atoms with Gasteiger partial charge in [0, 0.05) is 0 Å². The highest BCUT2D eigenvalue weighted by molar-refractivity contribution is 5.72. The largest absolute Gasteiger partial charge is 0.197 e. The van der Waals surface area contributed by atoms with E-state index in [2.05, 4.69) is 71.7 Å². The van der Waals surface area contributed by atoms with Gasteiger partial charge in [-0.05, 0) is 42.2 Å². The van der Waals surface area contributed by atoms with Crippen LogP contribution in [0.3, 0.4) is 0 Å². The van der Waals surface area contributed by atoms with Crippen molar-refractivity contribution in [2.45, 2.75) is 13.8 Å². The number of nitrogens with one attached hydrogen (secondary N) is 1. The number of aromatic nitrogens is 3. The van der Waals surface area contributed by atoms with E-state index in [1.807, 2.05) is 12.2 Å². The average molecular weight is 275 g/mol. The summed E-state index contributed by atoms with van der Waals surface area (Å²) in [7, 11) is 0. The lowest BCUT2D eigenvalue weighted by Gasteiger charge is -2.07. The number of H-pyrrole nitrogens is 1. The Labute approximate surface area is 124 Å². The number of aromatic amines is 1. The predicted molar refractivity (Wildman–Crippen MR) is 86.7 cm³/mol. The summed E-state index contributed by atoms with van der Waals surface area (Å²) in [6, 6.07) is 15.1. The molecule has 0 aliphatic rings. The Morgan fingerprint density at radius 3 is 2.43 bits per heavy atom. The van der Waals surface area contributed by atoms with Crippen molar-refractivity contribution in [3.63, 3.8) is 0 Å². The molecule has 0 unspecified atom stereocenters. The maximum absolute atomic E-state index is 3.99. The van der Waals surface area contributed by atoms with Gasteiger partial charge in [-0.2, -0.15) is 15.4 Å². The second-order valence-electron chi connectivity index (χ2n) is 5.17. The molecule has 0 saturated heterocycles. The SMILES string of the molecule is Cc1ccc(-c2ccc(C=Cc3cn[nH]n3)cc2)c(C)c1. The molecule has 2 aromatic carbocycles. The van der Waals surface area contributed by atoms with Crippen LogP contribution in [0.1, 0.15) is 22.4 Å². The molecule has 0 aliphatic heterocycles. The molecule has 3 nitrogen and oxygen atoms in total. The van der Waals surface area contributed by atoms with Crippen molar-refractivity contribution in [1.29, 1.82) is 0 Å². The van der Waals surface area contributed by atoms with Gasteiger partial charge < -0.3 is 0 Å². The number of aryl methyl sites for hydroxylation is 2. The summed E-state index contributed by atoms with van der Waals surface area (Å²) in [5.41, 5.74) is 7.10. The predicted octanol–water partition coefficient (Wildman–Crippen LogP) is 4.26. The van der Waals surface area contributed by atoms with Gasteiger partial charge in [0.2, 0.25) is 0 Å². The standard InChI is InChI=1S/C18H17N3/c1-13-3-10-18(14(2)11-13)16-7-4-15(5-8-16)6-9-17-12-19-21-20-17/h3-12H,1-2H3,(H,19,20,21). The Hall–Kier alpha value is -2.68. The number of benzene rings is 2. The van der Waals surface area contributed by atoms with Crippen molar-refractivity contribution in [2.24, 2.45) is 0 Å². The molecule has 0 spiro atoms. The Morgan fingerprint density at radius 1 is 0.952 bits per heavy atom. The fraction of sp³-hybridized carbons (Fsp3) is 0.111. The zero-order valence-corrected chi connectivity index (χ0v) is 12.2. The molecule has 0 atom stereocenters. The first-order valence-electron chi connectivity index (χ1n) is 6.94. The zero-order chi connectivity index (χ0) is 14.7. The molecule has 0 fully saturated rings. The molecule has 3 heteroatoms. The van der Waals surface area contributed by atoms with E-state index in [1.54, 1.807) is 6.20 Å². The van der Waals surface area contributed by atoms with E-state index in [4.69, 9.17) is 0 Å². The van der Waals surface area contributed by atoms with E-state index in [1.165, 1.54) is 22.3 Å². The lowest BCUT2D eigenvalue weighted by Crippen LogP contribution is -1.85. The second kappa shape index (κ2) is 5.75. The van der Waals surface area contributed by atoms with Crippen molar-refractivity contribution in [1.82, 2.24) is 15.4 Å². The van der Waals surface area contributed by atoms with Crippen LogP contribution >= 0.6 is 0 Å². The molecule has 21 heavy (non-hydrogen) atoms. The lowest BCUT2D eigenvalue weighted by molar-refractivity contribution is 0.937. The summed E-state index contributed by atoms with van der Waals surface area (Å²) >= 11 is 0. The molecule has 0 radical (unpaired) electrons. The molecule has 1 N–H and O–H groups in total. The highest BCUT2D eigenvalue weighted by Crippen LogP contribution is 2.24. The van der Waals surface area contributed by atoms with E-state index in [-0.39, 0.29) is 0 Å². The molecular formula is C18H17N3. The highest BCUT2D eigenvalue weighted by atomic mass is 15.3. The zero-order valence-electron chi connectivity index (χ0n) is 12.2. The molecule has 0 bridgehead atoms. The van der Waals surface area contributed by atoms with Gasteiger partial charge in [0.1, 0.15) is 5.69 Å². The number of rotatable bonds is 3. The van der Waals surface area contributed by atoms with Crippen molar-refractivity contribution in [3.05, 3.63) is 71.0 Å². The molecule has 3 aromatic rings. The van der Waals surface area contributed by atoms with Crippen LogP contribution in [-0.4, -0.2) is 15.4 Å². The van der Waals surface area contributed by atoms with Gasteiger partial charge in [-0.15, -0.1) is 0 Å². The van der Waals surface area contributed by atoms with Crippen molar-refractivity contribution in [2.75, 3.05) is 0 Å². The van der Waals surface area contributed by atoms with Gasteiger partial charge in [-0.1, -0.05) is 54.1 Å². The number of nitrogens with zero attached hydrogens (tertiary/aromatic N) is 2.